The number of anilines is 4. The van der Waals surface area contributed by atoms with Crippen LogP contribution in [0, 0.1) is 5.41 Å². The zero-order valence-corrected chi connectivity index (χ0v) is 33.6. The van der Waals surface area contributed by atoms with Gasteiger partial charge in [-0.15, -0.1) is 0 Å². The minimum absolute atomic E-state index is 0.187. The molecule has 0 unspecified atom stereocenters. The van der Waals surface area contributed by atoms with Gasteiger partial charge >= 0.3 is 0 Å². The van der Waals surface area contributed by atoms with Crippen LogP contribution in [0.3, 0.4) is 0 Å². The summed E-state index contributed by atoms with van der Waals surface area (Å²) in [5.41, 5.74) is 13.7. The summed E-state index contributed by atoms with van der Waals surface area (Å²) in [4.78, 5) is 2.44. The first-order valence-corrected chi connectivity index (χ1v) is 20.9. The van der Waals surface area contributed by atoms with Crippen molar-refractivity contribution >= 4 is 83.9 Å². The van der Waals surface area contributed by atoms with Crippen LogP contribution in [-0.4, -0.2) is 9.68 Å². The van der Waals surface area contributed by atoms with Crippen LogP contribution in [0.1, 0.15) is 36.1 Å². The maximum atomic E-state index is 9.36. The molecule has 0 fully saturated rings. The van der Waals surface area contributed by atoms with E-state index >= 15 is 0 Å². The first-order chi connectivity index (χ1) is 29.0. The first kappa shape index (κ1) is 35.1. The Morgan fingerprint density at radius 1 is 0.542 bits per heavy atom. The third-order valence-corrected chi connectivity index (χ3v) is 13.1. The van der Waals surface area contributed by atoms with Gasteiger partial charge in [-0.25, -0.2) is 0 Å². The summed E-state index contributed by atoms with van der Waals surface area (Å²) in [5, 5.41) is 16.4. The molecule has 5 heteroatoms. The number of para-hydroxylation sites is 2. The molecule has 11 rings (SSSR count). The number of nitrogens with zero attached hydrogens (tertiary/aromatic N) is 2. The number of rotatable bonds is 7. The van der Waals surface area contributed by atoms with Crippen LogP contribution in [0.5, 0.6) is 0 Å². The second-order valence-electron chi connectivity index (χ2n) is 15.9. The molecule has 0 spiro atoms. The van der Waals surface area contributed by atoms with Crippen LogP contribution in [0.4, 0.5) is 22.7 Å². The Bertz CT molecular complexity index is 3270. The fourth-order valence-electron chi connectivity index (χ4n) is 9.31. The van der Waals surface area contributed by atoms with Crippen LogP contribution in [0.2, 0.25) is 0 Å². The summed E-state index contributed by atoms with van der Waals surface area (Å²) in [6.45, 7) is 4.69. The molecule has 0 radical (unpaired) electrons. The van der Waals surface area contributed by atoms with Gasteiger partial charge in [-0.2, -0.15) is 0 Å². The summed E-state index contributed by atoms with van der Waals surface area (Å²) in [7, 11) is 0. The molecule has 0 amide bonds. The second kappa shape index (κ2) is 13.8. The predicted octanol–water partition coefficient (Wildman–Crippen LogP) is 14.8. The van der Waals surface area contributed by atoms with Gasteiger partial charge in [-0.1, -0.05) is 172 Å². The minimum Gasteiger partial charge on any atom is -0.310 e. The summed E-state index contributed by atoms with van der Waals surface area (Å²) in [6, 6.07) is 69.2. The van der Waals surface area contributed by atoms with E-state index in [0.29, 0.717) is 5.71 Å². The van der Waals surface area contributed by atoms with Crippen molar-refractivity contribution < 1.29 is 0 Å². The van der Waals surface area contributed by atoms with Crippen molar-refractivity contribution in [2.45, 2.75) is 19.3 Å². The van der Waals surface area contributed by atoms with Crippen molar-refractivity contribution in [2.24, 2.45) is 0 Å². The Kier molecular flexibility index (Phi) is 8.21. The van der Waals surface area contributed by atoms with E-state index in [0.717, 1.165) is 44.3 Å². The number of hydrogen-bond acceptors (Lipinski definition) is 4. The number of fused-ring (bicyclic) bond motifs is 8. The highest BCUT2D eigenvalue weighted by molar-refractivity contribution is 7.99. The summed E-state index contributed by atoms with van der Waals surface area (Å²) < 4.78 is 6.16. The third kappa shape index (κ3) is 5.57. The van der Waals surface area contributed by atoms with Crippen molar-refractivity contribution in [3.63, 3.8) is 0 Å². The van der Waals surface area contributed by atoms with E-state index in [1.54, 1.807) is 12.1 Å². The lowest BCUT2D eigenvalue weighted by Gasteiger charge is -2.42. The molecule has 9 aromatic carbocycles. The number of nitrogens with one attached hydrogen (secondary N) is 2. The molecular weight excluding hydrogens is 737 g/mol. The Labute approximate surface area is 348 Å². The molecule has 4 nitrogen and oxygen atoms in total. The Hall–Kier alpha value is -7.08. The lowest BCUT2D eigenvalue weighted by Crippen LogP contribution is -2.30. The Balaban J connectivity index is 1.11. The maximum absolute atomic E-state index is 9.36. The first-order valence-electron chi connectivity index (χ1n) is 20.1. The highest BCUT2D eigenvalue weighted by Crippen LogP contribution is 2.53. The van der Waals surface area contributed by atoms with Crippen LogP contribution in [-0.2, 0) is 5.41 Å². The van der Waals surface area contributed by atoms with Gasteiger partial charge in [0.15, 0.2) is 0 Å². The Morgan fingerprint density at radius 3 is 2.00 bits per heavy atom. The lowest BCUT2D eigenvalue weighted by atomic mass is 9.73. The van der Waals surface area contributed by atoms with Gasteiger partial charge in [-0.3, -0.25) is 9.38 Å². The molecule has 59 heavy (non-hydrogen) atoms. The van der Waals surface area contributed by atoms with E-state index < -0.39 is 0 Å². The van der Waals surface area contributed by atoms with Crippen molar-refractivity contribution in [2.75, 3.05) is 9.62 Å². The second-order valence-corrected chi connectivity index (χ2v) is 16.6. The molecule has 0 bridgehead atoms. The largest absolute Gasteiger partial charge is 0.310 e. The van der Waals surface area contributed by atoms with Crippen LogP contribution >= 0.6 is 12.1 Å². The van der Waals surface area contributed by atoms with Gasteiger partial charge in [0.05, 0.1) is 45.9 Å². The van der Waals surface area contributed by atoms with Crippen molar-refractivity contribution in [1.29, 1.82) is 5.41 Å². The highest BCUT2D eigenvalue weighted by Gasteiger charge is 2.37. The molecule has 0 saturated heterocycles. The smallest absolute Gasteiger partial charge is 0.0737 e. The van der Waals surface area contributed by atoms with Gasteiger partial charge in [0, 0.05) is 38.4 Å². The van der Waals surface area contributed by atoms with Gasteiger partial charge in [0.2, 0.25) is 0 Å². The van der Waals surface area contributed by atoms with E-state index in [1.807, 2.05) is 30.3 Å². The zero-order valence-electron chi connectivity index (χ0n) is 32.8. The minimum atomic E-state index is -0.187. The van der Waals surface area contributed by atoms with E-state index in [2.05, 4.69) is 191 Å². The monoisotopic (exact) mass is 776 g/mol. The third-order valence-electron chi connectivity index (χ3n) is 12.2. The van der Waals surface area contributed by atoms with Crippen LogP contribution in [0.25, 0.3) is 54.5 Å². The predicted molar refractivity (Wildman–Crippen MR) is 252 cm³/mol. The lowest BCUT2D eigenvalue weighted by molar-refractivity contribution is 0.632. The zero-order chi connectivity index (χ0) is 39.7. The molecule has 1 aliphatic heterocycles. The molecular formula is C54H40N4S. The molecule has 2 N–H and O–H groups in total. The van der Waals surface area contributed by atoms with E-state index in [9.17, 15) is 5.41 Å². The molecule has 2 heterocycles. The van der Waals surface area contributed by atoms with Crippen molar-refractivity contribution in [1.82, 2.24) is 3.97 Å². The molecule has 10 aromatic rings. The average molecular weight is 777 g/mol. The quantitative estimate of drug-likeness (QED) is 0.125. The maximum Gasteiger partial charge on any atom is 0.0737 e. The van der Waals surface area contributed by atoms with E-state index in [-0.39, 0.29) is 5.41 Å². The fourth-order valence-corrected chi connectivity index (χ4v) is 10.2. The van der Waals surface area contributed by atoms with Crippen molar-refractivity contribution in [3.8, 4) is 11.1 Å². The van der Waals surface area contributed by atoms with Crippen molar-refractivity contribution in [3.05, 3.63) is 216 Å². The number of hydrogen-bond donors (Lipinski definition) is 2. The average Bonchev–Trinajstić information content (AvgIpc) is 3.62. The molecule has 282 valence electrons. The molecule has 1 aromatic heterocycles. The SMILES string of the molecule is CC1(C)c2ccccc2N(c2ccccc2)c2cc(-c3cccc4c3c3c5ccccc5ccc3n4SNc3c(C(=N)c4ccccc4)ccc4ccccc34)ccc21. The highest BCUT2D eigenvalue weighted by atomic mass is 32.2. The van der Waals surface area contributed by atoms with Gasteiger partial charge in [0.25, 0.3) is 0 Å². The van der Waals surface area contributed by atoms with Gasteiger partial charge in [-0.05, 0) is 74.8 Å². The van der Waals surface area contributed by atoms with E-state index in [1.165, 1.54) is 55.2 Å². The molecule has 0 saturated carbocycles. The number of benzene rings is 9. The Morgan fingerprint density at radius 2 is 1.19 bits per heavy atom. The molecule has 1 aliphatic rings. The summed E-state index contributed by atoms with van der Waals surface area (Å²) >= 11 is 1.57. The topological polar surface area (TPSA) is 44.0 Å². The van der Waals surface area contributed by atoms with Crippen LogP contribution < -0.4 is 9.62 Å². The van der Waals surface area contributed by atoms with Gasteiger partial charge in [0.1, 0.15) is 0 Å². The fraction of sp³-hybridized carbons (Fsp3) is 0.0556. The van der Waals surface area contributed by atoms with Crippen LogP contribution in [0.15, 0.2) is 194 Å². The number of aromatic nitrogens is 1. The van der Waals surface area contributed by atoms with E-state index in [4.69, 9.17) is 0 Å². The normalized spacial score (nSPS) is 13.2. The standard InChI is InChI=1S/C54H40N4S/c1-54(2)44-25-13-14-26-46(44)57(39-20-7-4-8-21-39)49-34-38(29-32-45(49)54)41-24-15-27-47-51(41)50-40-22-11-9-16-35(40)30-33-48(50)58(47)59-56-53-42-23-12-10-17-36(42)28-31-43(53)52(55)37-18-5-3-6-19-37/h3-34,55-56H,1-2H3. The summed E-state index contributed by atoms with van der Waals surface area (Å²) in [5.74, 6) is 0. The molecule has 0 aliphatic carbocycles. The van der Waals surface area contributed by atoms with Gasteiger partial charge < -0.3 is 9.62 Å². The summed E-state index contributed by atoms with van der Waals surface area (Å²) in [6.07, 6.45) is 0. The molecule has 0 atom stereocenters.